The van der Waals surface area contributed by atoms with Gasteiger partial charge in [-0.1, -0.05) is 20.4 Å². The molecule has 1 aliphatic heterocycles. The third-order valence-corrected chi connectivity index (χ3v) is 3.10. The van der Waals surface area contributed by atoms with Crippen molar-refractivity contribution in [2.24, 2.45) is 11.8 Å². The van der Waals surface area contributed by atoms with Gasteiger partial charge in [0.15, 0.2) is 5.78 Å². The summed E-state index contributed by atoms with van der Waals surface area (Å²) in [6.45, 7) is 10.6. The Morgan fingerprint density at radius 2 is 1.94 bits per heavy atom. The summed E-state index contributed by atoms with van der Waals surface area (Å²) in [6.07, 6.45) is -0.667. The van der Waals surface area contributed by atoms with Crippen molar-refractivity contribution in [3.05, 3.63) is 12.2 Å². The number of Topliss-reactive ketones (excluding diaryl/α,β-unsaturated/α-hetero) is 1. The van der Waals surface area contributed by atoms with Crippen LogP contribution in [0.15, 0.2) is 12.2 Å². The summed E-state index contributed by atoms with van der Waals surface area (Å²) in [4.78, 5) is 36.5. The fraction of sp³-hybridized carbons (Fsp3) is 0.615. The number of nitrogens with zero attached hydrogens (tertiary/aromatic N) is 1. The number of hydrogen-bond donors (Lipinski definition) is 0. The Hall–Kier alpha value is -1.65. The SMILES string of the molecule is C=C(C)C(=O)[C@@H](C)C(=O)N1C(=O)OC[C@@H]1C(C)C. The molecule has 0 N–H and O–H groups in total. The lowest BCUT2D eigenvalue weighted by atomic mass is 9.97. The Balaban J connectivity index is 2.91. The Kier molecular flexibility index (Phi) is 4.27. The van der Waals surface area contributed by atoms with Gasteiger partial charge in [0.25, 0.3) is 0 Å². The van der Waals surface area contributed by atoms with Gasteiger partial charge in [-0.25, -0.2) is 9.69 Å². The van der Waals surface area contributed by atoms with E-state index in [1.165, 1.54) is 6.92 Å². The third-order valence-electron chi connectivity index (χ3n) is 3.10. The monoisotopic (exact) mass is 253 g/mol. The van der Waals surface area contributed by atoms with E-state index in [4.69, 9.17) is 4.74 Å². The van der Waals surface area contributed by atoms with Crippen molar-refractivity contribution in [2.75, 3.05) is 6.61 Å². The molecule has 100 valence electrons. The molecule has 0 radical (unpaired) electrons. The van der Waals surface area contributed by atoms with Crippen LogP contribution >= 0.6 is 0 Å². The second-order valence-electron chi connectivity index (χ2n) is 4.96. The van der Waals surface area contributed by atoms with Gasteiger partial charge in [-0.2, -0.15) is 0 Å². The van der Waals surface area contributed by atoms with Crippen LogP contribution in [0, 0.1) is 11.8 Å². The van der Waals surface area contributed by atoms with E-state index in [1.54, 1.807) is 6.92 Å². The van der Waals surface area contributed by atoms with Crippen molar-refractivity contribution in [1.82, 2.24) is 4.90 Å². The van der Waals surface area contributed by atoms with Crippen molar-refractivity contribution in [2.45, 2.75) is 33.7 Å². The van der Waals surface area contributed by atoms with Gasteiger partial charge in [-0.3, -0.25) is 9.59 Å². The van der Waals surface area contributed by atoms with Crippen molar-refractivity contribution >= 4 is 17.8 Å². The van der Waals surface area contributed by atoms with Crippen LogP contribution in [-0.4, -0.2) is 35.3 Å². The molecule has 1 rings (SSSR count). The molecule has 5 nitrogen and oxygen atoms in total. The molecule has 0 aromatic carbocycles. The van der Waals surface area contributed by atoms with E-state index >= 15 is 0 Å². The first-order chi connectivity index (χ1) is 8.27. The molecule has 0 spiro atoms. The second-order valence-corrected chi connectivity index (χ2v) is 4.96. The van der Waals surface area contributed by atoms with Gasteiger partial charge in [0.1, 0.15) is 6.61 Å². The summed E-state index contributed by atoms with van der Waals surface area (Å²) < 4.78 is 4.88. The number of imide groups is 1. The predicted octanol–water partition coefficient (Wildman–Crippen LogP) is 1.77. The molecule has 18 heavy (non-hydrogen) atoms. The second kappa shape index (κ2) is 5.33. The largest absolute Gasteiger partial charge is 0.447 e. The van der Waals surface area contributed by atoms with E-state index in [-0.39, 0.29) is 24.3 Å². The molecule has 2 atom stereocenters. The Labute approximate surface area is 107 Å². The Morgan fingerprint density at radius 3 is 2.39 bits per heavy atom. The van der Waals surface area contributed by atoms with E-state index in [9.17, 15) is 14.4 Å². The molecular weight excluding hydrogens is 234 g/mol. The van der Waals surface area contributed by atoms with Crippen molar-refractivity contribution in [1.29, 1.82) is 0 Å². The molecule has 0 saturated carbocycles. The minimum atomic E-state index is -0.894. The lowest BCUT2D eigenvalue weighted by Crippen LogP contribution is -2.46. The highest BCUT2D eigenvalue weighted by Gasteiger charge is 2.42. The van der Waals surface area contributed by atoms with E-state index in [0.29, 0.717) is 5.57 Å². The smallest absolute Gasteiger partial charge is 0.417 e. The van der Waals surface area contributed by atoms with Crippen LogP contribution in [0.3, 0.4) is 0 Å². The molecule has 1 aliphatic rings. The minimum Gasteiger partial charge on any atom is -0.447 e. The zero-order valence-corrected chi connectivity index (χ0v) is 11.2. The molecule has 1 heterocycles. The molecule has 0 bridgehead atoms. The molecule has 1 fully saturated rings. The van der Waals surface area contributed by atoms with Gasteiger partial charge in [0.05, 0.1) is 12.0 Å². The van der Waals surface area contributed by atoms with Gasteiger partial charge in [-0.05, 0) is 25.3 Å². The van der Waals surface area contributed by atoms with Gasteiger partial charge in [0.2, 0.25) is 5.91 Å². The van der Waals surface area contributed by atoms with Gasteiger partial charge >= 0.3 is 6.09 Å². The maximum atomic E-state index is 12.2. The van der Waals surface area contributed by atoms with Crippen LogP contribution in [0.1, 0.15) is 27.7 Å². The van der Waals surface area contributed by atoms with E-state index < -0.39 is 17.9 Å². The molecular formula is C13H19NO4. The predicted molar refractivity (Wildman–Crippen MR) is 65.8 cm³/mol. The third kappa shape index (κ3) is 2.60. The zero-order chi connectivity index (χ0) is 14.0. The molecule has 0 aliphatic carbocycles. The number of carbonyl (C=O) groups is 3. The summed E-state index contributed by atoms with van der Waals surface area (Å²) in [5, 5.41) is 0. The van der Waals surface area contributed by atoms with Gasteiger partial charge in [0, 0.05) is 0 Å². The molecule has 5 heteroatoms. The van der Waals surface area contributed by atoms with E-state index in [1.807, 2.05) is 13.8 Å². The Morgan fingerprint density at radius 1 is 1.39 bits per heavy atom. The highest BCUT2D eigenvalue weighted by atomic mass is 16.6. The number of allylic oxidation sites excluding steroid dienone is 1. The fourth-order valence-corrected chi connectivity index (χ4v) is 1.87. The fourth-order valence-electron chi connectivity index (χ4n) is 1.87. The van der Waals surface area contributed by atoms with E-state index in [0.717, 1.165) is 4.90 Å². The maximum absolute atomic E-state index is 12.2. The van der Waals surface area contributed by atoms with Crippen molar-refractivity contribution in [3.63, 3.8) is 0 Å². The average molecular weight is 253 g/mol. The quantitative estimate of drug-likeness (QED) is 0.566. The molecule has 0 aromatic heterocycles. The number of ether oxygens (including phenoxy) is 1. The number of carbonyl (C=O) groups excluding carboxylic acids is 3. The van der Waals surface area contributed by atoms with Gasteiger partial charge < -0.3 is 4.74 Å². The molecule has 0 aromatic rings. The first-order valence-corrected chi connectivity index (χ1v) is 5.97. The van der Waals surface area contributed by atoms with Crippen molar-refractivity contribution < 1.29 is 19.1 Å². The summed E-state index contributed by atoms with van der Waals surface area (Å²) in [6, 6.07) is -0.301. The van der Waals surface area contributed by atoms with Crippen LogP contribution in [-0.2, 0) is 14.3 Å². The lowest BCUT2D eigenvalue weighted by Gasteiger charge is -2.24. The van der Waals surface area contributed by atoms with Crippen LogP contribution in [0.4, 0.5) is 4.79 Å². The summed E-state index contributed by atoms with van der Waals surface area (Å²) in [5.74, 6) is -1.66. The minimum absolute atomic E-state index is 0.0903. The number of amides is 2. The normalized spacial score (nSPS) is 20.8. The number of hydrogen-bond acceptors (Lipinski definition) is 4. The van der Waals surface area contributed by atoms with Crippen LogP contribution in [0.2, 0.25) is 0 Å². The standard InChI is InChI=1S/C13H19NO4/c1-7(2)10-6-18-13(17)14(10)12(16)9(5)11(15)8(3)4/h7,9-10H,3,6H2,1-2,4-5H3/t9-,10-/m1/s1. The first-order valence-electron chi connectivity index (χ1n) is 5.97. The maximum Gasteiger partial charge on any atom is 0.417 e. The summed E-state index contributed by atoms with van der Waals surface area (Å²) in [7, 11) is 0. The molecule has 2 amide bonds. The highest BCUT2D eigenvalue weighted by molar-refractivity contribution is 6.11. The van der Waals surface area contributed by atoms with Crippen molar-refractivity contribution in [3.8, 4) is 0 Å². The molecule has 0 unspecified atom stereocenters. The van der Waals surface area contributed by atoms with Crippen LogP contribution in [0.5, 0.6) is 0 Å². The van der Waals surface area contributed by atoms with Crippen LogP contribution in [0.25, 0.3) is 0 Å². The van der Waals surface area contributed by atoms with E-state index in [2.05, 4.69) is 6.58 Å². The zero-order valence-electron chi connectivity index (χ0n) is 11.2. The Bertz CT molecular complexity index is 400. The average Bonchev–Trinajstić information content (AvgIpc) is 2.68. The first kappa shape index (κ1) is 14.4. The summed E-state index contributed by atoms with van der Waals surface area (Å²) >= 11 is 0. The van der Waals surface area contributed by atoms with Crippen LogP contribution < -0.4 is 0 Å². The highest BCUT2D eigenvalue weighted by Crippen LogP contribution is 2.22. The molecule has 1 saturated heterocycles. The number of ketones is 1. The number of rotatable bonds is 4. The topological polar surface area (TPSA) is 63.7 Å². The van der Waals surface area contributed by atoms with Gasteiger partial charge in [-0.15, -0.1) is 0 Å². The summed E-state index contributed by atoms with van der Waals surface area (Å²) in [5.41, 5.74) is 0.310. The number of cyclic esters (lactones) is 1. The lowest BCUT2D eigenvalue weighted by molar-refractivity contribution is -0.138.